The normalized spacial score (nSPS) is 20.8. The fourth-order valence-electron chi connectivity index (χ4n) is 3.14. The molecule has 0 aromatic heterocycles. The molecule has 0 aliphatic heterocycles. The monoisotopic (exact) mass is 319 g/mol. The Bertz CT molecular complexity index is 532. The third kappa shape index (κ3) is 4.47. The highest BCUT2D eigenvalue weighted by atomic mass is 16.5. The van der Waals surface area contributed by atoms with Crippen LogP contribution in [-0.4, -0.2) is 35.5 Å². The van der Waals surface area contributed by atoms with E-state index in [0.717, 1.165) is 11.3 Å². The maximum Gasteiger partial charge on any atom is 0.306 e. The van der Waals surface area contributed by atoms with Gasteiger partial charge in [0.1, 0.15) is 5.75 Å². The van der Waals surface area contributed by atoms with Crippen molar-refractivity contribution >= 4 is 11.9 Å². The van der Waals surface area contributed by atoms with Crippen LogP contribution in [0.25, 0.3) is 0 Å². The lowest BCUT2D eigenvalue weighted by Gasteiger charge is -2.30. The van der Waals surface area contributed by atoms with E-state index < -0.39 is 5.97 Å². The van der Waals surface area contributed by atoms with E-state index >= 15 is 0 Å². The number of ether oxygens (including phenoxy) is 1. The zero-order valence-corrected chi connectivity index (χ0v) is 13.8. The molecule has 5 nitrogen and oxygen atoms in total. The third-order valence-corrected chi connectivity index (χ3v) is 4.65. The fourth-order valence-corrected chi connectivity index (χ4v) is 3.14. The Balaban J connectivity index is 1.94. The summed E-state index contributed by atoms with van der Waals surface area (Å²) in [6, 6.07) is 7.73. The summed E-state index contributed by atoms with van der Waals surface area (Å²) in [4.78, 5) is 25.6. The average Bonchev–Trinajstić information content (AvgIpc) is 2.59. The number of carboxylic acid groups (broad SMARTS) is 1. The number of methoxy groups -OCH3 is 1. The van der Waals surface area contributed by atoms with E-state index in [0.29, 0.717) is 38.8 Å². The molecule has 2 rings (SSSR count). The van der Waals surface area contributed by atoms with Crippen LogP contribution in [0.4, 0.5) is 0 Å². The van der Waals surface area contributed by atoms with Gasteiger partial charge in [0.15, 0.2) is 0 Å². The van der Waals surface area contributed by atoms with Gasteiger partial charge in [-0.15, -0.1) is 0 Å². The van der Waals surface area contributed by atoms with Crippen LogP contribution >= 0.6 is 0 Å². The smallest absolute Gasteiger partial charge is 0.306 e. The molecule has 5 heteroatoms. The van der Waals surface area contributed by atoms with Gasteiger partial charge in [-0.25, -0.2) is 0 Å². The minimum absolute atomic E-state index is 0.0381. The first-order valence-corrected chi connectivity index (χ1v) is 8.19. The molecule has 0 saturated heterocycles. The van der Waals surface area contributed by atoms with Crippen molar-refractivity contribution in [2.24, 2.45) is 11.8 Å². The molecular weight excluding hydrogens is 294 g/mol. The predicted molar refractivity (Wildman–Crippen MR) is 87.2 cm³/mol. The zero-order valence-electron chi connectivity index (χ0n) is 13.8. The standard InChI is InChI=1S/C18H25NO4/c1-3-19(12-13-4-10-16(23-2)11-5-13)17(20)14-6-8-15(9-7-14)18(21)22/h4-5,10-11,14-15H,3,6-9,12H2,1-2H3,(H,21,22). The molecule has 1 aromatic rings. The third-order valence-electron chi connectivity index (χ3n) is 4.65. The van der Waals surface area contributed by atoms with E-state index in [4.69, 9.17) is 9.84 Å². The Hall–Kier alpha value is -2.04. The van der Waals surface area contributed by atoms with Gasteiger partial charge in [0.05, 0.1) is 13.0 Å². The van der Waals surface area contributed by atoms with Gasteiger partial charge in [0, 0.05) is 19.0 Å². The number of rotatable bonds is 6. The number of aliphatic carboxylic acids is 1. The highest BCUT2D eigenvalue weighted by Crippen LogP contribution is 2.30. The van der Waals surface area contributed by atoms with Gasteiger partial charge in [0.2, 0.25) is 5.91 Å². The number of carboxylic acids is 1. The largest absolute Gasteiger partial charge is 0.497 e. The van der Waals surface area contributed by atoms with Crippen molar-refractivity contribution in [3.05, 3.63) is 29.8 Å². The van der Waals surface area contributed by atoms with E-state index in [-0.39, 0.29) is 17.7 Å². The van der Waals surface area contributed by atoms with Gasteiger partial charge in [-0.05, 0) is 50.3 Å². The number of hydrogen-bond donors (Lipinski definition) is 1. The van der Waals surface area contributed by atoms with E-state index in [1.807, 2.05) is 36.1 Å². The summed E-state index contributed by atoms with van der Waals surface area (Å²) in [6.07, 6.45) is 2.56. The number of nitrogens with zero attached hydrogens (tertiary/aromatic N) is 1. The molecule has 1 amide bonds. The number of carbonyl (C=O) groups excluding carboxylic acids is 1. The van der Waals surface area contributed by atoms with Crippen molar-refractivity contribution < 1.29 is 19.4 Å². The molecule has 0 unspecified atom stereocenters. The molecule has 126 valence electrons. The Kier molecular flexibility index (Phi) is 6.02. The Labute approximate surface area is 137 Å². The number of hydrogen-bond acceptors (Lipinski definition) is 3. The summed E-state index contributed by atoms with van der Waals surface area (Å²) in [6.45, 7) is 3.21. The van der Waals surface area contributed by atoms with Gasteiger partial charge >= 0.3 is 5.97 Å². The van der Waals surface area contributed by atoms with Gasteiger partial charge in [-0.1, -0.05) is 12.1 Å². The predicted octanol–water partition coefficient (Wildman–Crippen LogP) is 2.93. The van der Waals surface area contributed by atoms with E-state index in [9.17, 15) is 9.59 Å². The first-order chi connectivity index (χ1) is 11.0. The second-order valence-electron chi connectivity index (χ2n) is 6.09. The second kappa shape index (κ2) is 7.99. The molecule has 0 radical (unpaired) electrons. The first kappa shape index (κ1) is 17.3. The summed E-state index contributed by atoms with van der Waals surface area (Å²) in [5.41, 5.74) is 1.07. The summed E-state index contributed by atoms with van der Waals surface area (Å²) < 4.78 is 5.14. The van der Waals surface area contributed by atoms with Crippen molar-refractivity contribution in [1.82, 2.24) is 4.90 Å². The number of carbonyl (C=O) groups is 2. The second-order valence-corrected chi connectivity index (χ2v) is 6.09. The van der Waals surface area contributed by atoms with E-state index in [1.165, 1.54) is 0 Å². The van der Waals surface area contributed by atoms with Crippen LogP contribution in [0.3, 0.4) is 0 Å². The van der Waals surface area contributed by atoms with Gasteiger partial charge in [-0.2, -0.15) is 0 Å². The molecule has 0 heterocycles. The van der Waals surface area contributed by atoms with Crippen LogP contribution in [0.1, 0.15) is 38.2 Å². The number of amides is 1. The molecule has 1 aliphatic carbocycles. The average molecular weight is 319 g/mol. The van der Waals surface area contributed by atoms with Crippen LogP contribution in [0.5, 0.6) is 5.75 Å². The molecular formula is C18H25NO4. The molecule has 1 aliphatic rings. The Morgan fingerprint density at radius 1 is 1.13 bits per heavy atom. The maximum atomic E-state index is 12.7. The topological polar surface area (TPSA) is 66.8 Å². The quantitative estimate of drug-likeness (QED) is 0.875. The Morgan fingerprint density at radius 3 is 2.17 bits per heavy atom. The molecule has 1 aromatic carbocycles. The van der Waals surface area contributed by atoms with Crippen molar-refractivity contribution in [2.45, 2.75) is 39.2 Å². The molecule has 0 bridgehead atoms. The van der Waals surface area contributed by atoms with Crippen molar-refractivity contribution in [1.29, 1.82) is 0 Å². The lowest BCUT2D eigenvalue weighted by molar-refractivity contribution is -0.145. The van der Waals surface area contributed by atoms with Crippen LogP contribution in [0.2, 0.25) is 0 Å². The summed E-state index contributed by atoms with van der Waals surface area (Å²) in [5.74, 6) is -0.108. The van der Waals surface area contributed by atoms with Crippen molar-refractivity contribution in [3.63, 3.8) is 0 Å². The first-order valence-electron chi connectivity index (χ1n) is 8.19. The maximum absolute atomic E-state index is 12.7. The summed E-state index contributed by atoms with van der Waals surface area (Å²) in [7, 11) is 1.63. The molecule has 0 atom stereocenters. The van der Waals surface area contributed by atoms with Gasteiger partial charge in [-0.3, -0.25) is 9.59 Å². The van der Waals surface area contributed by atoms with Crippen molar-refractivity contribution in [3.8, 4) is 5.75 Å². The lowest BCUT2D eigenvalue weighted by atomic mass is 9.81. The van der Waals surface area contributed by atoms with Crippen LogP contribution in [-0.2, 0) is 16.1 Å². The highest BCUT2D eigenvalue weighted by Gasteiger charge is 2.31. The van der Waals surface area contributed by atoms with Crippen LogP contribution in [0, 0.1) is 11.8 Å². The van der Waals surface area contributed by atoms with Gasteiger partial charge < -0.3 is 14.7 Å². The summed E-state index contributed by atoms with van der Waals surface area (Å²) in [5, 5.41) is 9.05. The van der Waals surface area contributed by atoms with Crippen molar-refractivity contribution in [2.75, 3.05) is 13.7 Å². The molecule has 1 fully saturated rings. The minimum atomic E-state index is -0.735. The Morgan fingerprint density at radius 2 is 1.70 bits per heavy atom. The minimum Gasteiger partial charge on any atom is -0.497 e. The van der Waals surface area contributed by atoms with E-state index in [1.54, 1.807) is 7.11 Å². The number of benzene rings is 1. The van der Waals surface area contributed by atoms with E-state index in [2.05, 4.69) is 0 Å². The molecule has 0 spiro atoms. The highest BCUT2D eigenvalue weighted by molar-refractivity contribution is 5.79. The lowest BCUT2D eigenvalue weighted by Crippen LogP contribution is -2.37. The van der Waals surface area contributed by atoms with Crippen LogP contribution in [0.15, 0.2) is 24.3 Å². The SMILES string of the molecule is CCN(Cc1ccc(OC)cc1)C(=O)C1CCC(C(=O)O)CC1. The zero-order chi connectivity index (χ0) is 16.8. The molecule has 1 N–H and O–H groups in total. The summed E-state index contributed by atoms with van der Waals surface area (Å²) >= 11 is 0. The fraction of sp³-hybridized carbons (Fsp3) is 0.556. The molecule has 23 heavy (non-hydrogen) atoms. The van der Waals surface area contributed by atoms with Crippen LogP contribution < -0.4 is 4.74 Å². The molecule has 1 saturated carbocycles. The van der Waals surface area contributed by atoms with Gasteiger partial charge in [0.25, 0.3) is 0 Å².